The lowest BCUT2D eigenvalue weighted by atomic mass is 9.96. The largest absolute Gasteiger partial charge is 0.331 e. The van der Waals surface area contributed by atoms with Crippen molar-refractivity contribution in [2.75, 3.05) is 18.0 Å². The van der Waals surface area contributed by atoms with E-state index in [2.05, 4.69) is 18.4 Å². The summed E-state index contributed by atoms with van der Waals surface area (Å²) in [5, 5.41) is 2.13. The van der Waals surface area contributed by atoms with Crippen LogP contribution in [0, 0.1) is 0 Å². The number of carbonyl (C=O) groups excluding carboxylic acids is 2. The third-order valence-electron chi connectivity index (χ3n) is 5.22. The second-order valence-electron chi connectivity index (χ2n) is 6.67. The molecule has 0 radical (unpaired) electrons. The third-order valence-corrected chi connectivity index (χ3v) is 6.22. The van der Waals surface area contributed by atoms with Crippen molar-refractivity contribution in [1.82, 2.24) is 4.90 Å². The van der Waals surface area contributed by atoms with E-state index >= 15 is 0 Å². The molecule has 1 aromatic heterocycles. The fourth-order valence-electron chi connectivity index (χ4n) is 3.97. The molecule has 2 aromatic rings. The quantitative estimate of drug-likeness (QED) is 0.835. The van der Waals surface area contributed by atoms with Crippen molar-refractivity contribution in [2.24, 2.45) is 0 Å². The summed E-state index contributed by atoms with van der Waals surface area (Å²) in [7, 11) is 0. The Labute approximate surface area is 152 Å². The Morgan fingerprint density at radius 3 is 2.88 bits per heavy atom. The van der Waals surface area contributed by atoms with Crippen LogP contribution in [0.4, 0.5) is 5.69 Å². The first-order valence-corrected chi connectivity index (χ1v) is 9.84. The van der Waals surface area contributed by atoms with E-state index in [0.717, 1.165) is 38.0 Å². The minimum absolute atomic E-state index is 0.0668. The number of amides is 2. The molecule has 1 saturated heterocycles. The monoisotopic (exact) mass is 354 g/mol. The molecule has 0 N–H and O–H groups in total. The maximum absolute atomic E-state index is 13.2. The molecule has 2 aliphatic heterocycles. The fraction of sp³-hybridized carbons (Fsp3) is 0.400. The molecule has 4 nitrogen and oxygen atoms in total. The lowest BCUT2D eigenvalue weighted by Gasteiger charge is -2.35. The Hall–Kier alpha value is -2.14. The first-order valence-electron chi connectivity index (χ1n) is 8.96. The minimum Gasteiger partial charge on any atom is -0.331 e. The van der Waals surface area contributed by atoms with Crippen LogP contribution in [0.15, 0.2) is 35.7 Å². The smallest absolute Gasteiger partial charge is 0.254 e. The van der Waals surface area contributed by atoms with Gasteiger partial charge in [0, 0.05) is 35.6 Å². The Balaban J connectivity index is 1.62. The number of benzene rings is 1. The van der Waals surface area contributed by atoms with Crippen molar-refractivity contribution in [2.45, 2.75) is 38.6 Å². The maximum Gasteiger partial charge on any atom is 0.254 e. The molecule has 1 fully saturated rings. The second-order valence-corrected chi connectivity index (χ2v) is 7.67. The zero-order valence-corrected chi connectivity index (χ0v) is 15.2. The standard InChI is InChI=1S/C20H22N2O2S/c1-2-17-16-9-12-25-18(16)8-11-22(17)20(24)14-5-3-6-15(13-14)21-10-4-7-19(21)23/h3,5-6,9,12-13,17H,2,4,7-8,10-11H2,1H3/t17-/m0/s1. The van der Waals surface area contributed by atoms with Crippen LogP contribution in [-0.4, -0.2) is 29.8 Å². The van der Waals surface area contributed by atoms with Crippen LogP contribution in [0.5, 0.6) is 0 Å². The molecule has 0 bridgehead atoms. The van der Waals surface area contributed by atoms with Gasteiger partial charge in [-0.25, -0.2) is 0 Å². The number of thiophene rings is 1. The molecular formula is C20H22N2O2S. The van der Waals surface area contributed by atoms with Gasteiger partial charge >= 0.3 is 0 Å². The Morgan fingerprint density at radius 2 is 2.12 bits per heavy atom. The maximum atomic E-state index is 13.2. The van der Waals surface area contributed by atoms with E-state index in [0.29, 0.717) is 12.0 Å². The van der Waals surface area contributed by atoms with Crippen molar-refractivity contribution in [3.63, 3.8) is 0 Å². The summed E-state index contributed by atoms with van der Waals surface area (Å²) >= 11 is 1.79. The van der Waals surface area contributed by atoms with Gasteiger partial charge in [0.05, 0.1) is 6.04 Å². The van der Waals surface area contributed by atoms with Crippen LogP contribution >= 0.6 is 11.3 Å². The summed E-state index contributed by atoms with van der Waals surface area (Å²) in [6.45, 7) is 3.64. The molecule has 0 saturated carbocycles. The molecule has 4 rings (SSSR count). The molecule has 1 aromatic carbocycles. The minimum atomic E-state index is 0.0668. The lowest BCUT2D eigenvalue weighted by molar-refractivity contribution is -0.117. The van der Waals surface area contributed by atoms with Gasteiger partial charge in [0.15, 0.2) is 0 Å². The first kappa shape index (κ1) is 16.3. The highest BCUT2D eigenvalue weighted by Crippen LogP contribution is 2.36. The first-order chi connectivity index (χ1) is 12.2. The highest BCUT2D eigenvalue weighted by molar-refractivity contribution is 7.10. The summed E-state index contributed by atoms with van der Waals surface area (Å²) in [6.07, 6.45) is 3.34. The van der Waals surface area contributed by atoms with E-state index in [9.17, 15) is 9.59 Å². The molecule has 0 unspecified atom stereocenters. The normalized spacial score (nSPS) is 20.0. The van der Waals surface area contributed by atoms with E-state index in [1.807, 2.05) is 29.2 Å². The van der Waals surface area contributed by atoms with Crippen LogP contribution < -0.4 is 4.90 Å². The number of hydrogen-bond donors (Lipinski definition) is 0. The zero-order chi connectivity index (χ0) is 17.4. The number of carbonyl (C=O) groups is 2. The molecule has 5 heteroatoms. The predicted molar refractivity (Wildman–Crippen MR) is 100 cm³/mol. The molecule has 25 heavy (non-hydrogen) atoms. The van der Waals surface area contributed by atoms with Crippen molar-refractivity contribution in [1.29, 1.82) is 0 Å². The molecule has 0 aliphatic carbocycles. The molecule has 2 aliphatic rings. The van der Waals surface area contributed by atoms with E-state index in [4.69, 9.17) is 0 Å². The van der Waals surface area contributed by atoms with Gasteiger partial charge in [-0.05, 0) is 54.5 Å². The third kappa shape index (κ3) is 2.86. The molecule has 0 spiro atoms. The van der Waals surface area contributed by atoms with Gasteiger partial charge in [-0.1, -0.05) is 13.0 Å². The van der Waals surface area contributed by atoms with Crippen LogP contribution in [0.1, 0.15) is 53.0 Å². The summed E-state index contributed by atoms with van der Waals surface area (Å²) < 4.78 is 0. The van der Waals surface area contributed by atoms with Gasteiger partial charge in [-0.15, -0.1) is 11.3 Å². The lowest BCUT2D eigenvalue weighted by Crippen LogP contribution is -2.39. The Bertz CT molecular complexity index is 814. The van der Waals surface area contributed by atoms with E-state index in [1.54, 1.807) is 16.2 Å². The summed E-state index contributed by atoms with van der Waals surface area (Å²) in [5.41, 5.74) is 2.82. The molecule has 2 amide bonds. The van der Waals surface area contributed by atoms with E-state index in [1.165, 1.54) is 10.4 Å². The highest BCUT2D eigenvalue weighted by Gasteiger charge is 2.31. The van der Waals surface area contributed by atoms with Crippen LogP contribution in [-0.2, 0) is 11.2 Å². The van der Waals surface area contributed by atoms with Gasteiger partial charge < -0.3 is 9.80 Å². The molecular weight excluding hydrogens is 332 g/mol. The Morgan fingerprint density at radius 1 is 1.24 bits per heavy atom. The average molecular weight is 354 g/mol. The number of rotatable bonds is 3. The van der Waals surface area contributed by atoms with E-state index in [-0.39, 0.29) is 17.9 Å². The van der Waals surface area contributed by atoms with Crippen molar-refractivity contribution in [3.8, 4) is 0 Å². The molecule has 130 valence electrons. The second kappa shape index (κ2) is 6.64. The molecule has 1 atom stereocenters. The summed E-state index contributed by atoms with van der Waals surface area (Å²) in [6, 6.07) is 9.86. The van der Waals surface area contributed by atoms with Gasteiger partial charge in [-0.2, -0.15) is 0 Å². The topological polar surface area (TPSA) is 40.6 Å². The Kier molecular flexibility index (Phi) is 4.34. The van der Waals surface area contributed by atoms with Gasteiger partial charge in [0.1, 0.15) is 0 Å². The fourth-order valence-corrected chi connectivity index (χ4v) is 4.90. The summed E-state index contributed by atoms with van der Waals surface area (Å²) in [4.78, 5) is 30.4. The average Bonchev–Trinajstić information content (AvgIpc) is 3.28. The highest BCUT2D eigenvalue weighted by atomic mass is 32.1. The predicted octanol–water partition coefficient (Wildman–Crippen LogP) is 4.02. The van der Waals surface area contributed by atoms with Gasteiger partial charge in [0.25, 0.3) is 5.91 Å². The molecule has 3 heterocycles. The van der Waals surface area contributed by atoms with Crippen molar-refractivity contribution >= 4 is 28.8 Å². The van der Waals surface area contributed by atoms with Gasteiger partial charge in [-0.3, -0.25) is 9.59 Å². The number of anilines is 1. The van der Waals surface area contributed by atoms with E-state index < -0.39 is 0 Å². The van der Waals surface area contributed by atoms with Crippen molar-refractivity contribution < 1.29 is 9.59 Å². The van der Waals surface area contributed by atoms with Crippen LogP contribution in [0.25, 0.3) is 0 Å². The number of nitrogens with zero attached hydrogens (tertiary/aromatic N) is 2. The van der Waals surface area contributed by atoms with Gasteiger partial charge in [0.2, 0.25) is 5.91 Å². The SMILES string of the molecule is CC[C@H]1c2ccsc2CCN1C(=O)c1cccc(N2CCCC2=O)c1. The number of fused-ring (bicyclic) bond motifs is 1. The van der Waals surface area contributed by atoms with Crippen molar-refractivity contribution in [3.05, 3.63) is 51.7 Å². The number of hydrogen-bond acceptors (Lipinski definition) is 3. The zero-order valence-electron chi connectivity index (χ0n) is 14.4. The van der Waals surface area contributed by atoms with Crippen LogP contribution in [0.2, 0.25) is 0 Å². The van der Waals surface area contributed by atoms with Crippen LogP contribution in [0.3, 0.4) is 0 Å². The summed E-state index contributed by atoms with van der Waals surface area (Å²) in [5.74, 6) is 0.217.